The van der Waals surface area contributed by atoms with Crippen LogP contribution in [0.5, 0.6) is 0 Å². The summed E-state index contributed by atoms with van der Waals surface area (Å²) >= 11 is 0. The van der Waals surface area contributed by atoms with Crippen molar-refractivity contribution >= 4 is 5.91 Å². The minimum Gasteiger partial charge on any atom is -0.394 e. The van der Waals surface area contributed by atoms with Crippen molar-refractivity contribution in [2.24, 2.45) is 0 Å². The van der Waals surface area contributed by atoms with Crippen LogP contribution in [0, 0.1) is 0 Å². The molecule has 1 aliphatic heterocycles. The van der Waals surface area contributed by atoms with Gasteiger partial charge in [-0.3, -0.25) is 4.79 Å². The van der Waals surface area contributed by atoms with Gasteiger partial charge in [0.1, 0.15) is 24.4 Å². The quantitative estimate of drug-likeness (QED) is 0.0381. The number of aliphatic hydroxyl groups excluding tert-OH is 5. The maximum Gasteiger partial charge on any atom is 0.220 e. The number of ether oxygens (including phenoxy) is 2. The summed E-state index contributed by atoms with van der Waals surface area (Å²) in [4.78, 5) is 12.8. The Kier molecular flexibility index (Phi) is 27.5. The van der Waals surface area contributed by atoms with E-state index >= 15 is 0 Å². The molecular weight excluding hydrogens is 598 g/mol. The fourth-order valence-electron chi connectivity index (χ4n) is 5.85. The molecule has 9 heteroatoms. The second kappa shape index (κ2) is 29.6. The Morgan fingerprint density at radius 1 is 0.702 bits per heavy atom. The highest BCUT2D eigenvalue weighted by Crippen LogP contribution is 2.22. The molecule has 0 saturated carbocycles. The van der Waals surface area contributed by atoms with Gasteiger partial charge in [0.2, 0.25) is 5.91 Å². The number of carbonyl (C=O) groups excluding carboxylic acids is 1. The summed E-state index contributed by atoms with van der Waals surface area (Å²) in [6, 6.07) is -0.803. The summed E-state index contributed by atoms with van der Waals surface area (Å²) in [5.74, 6) is -0.190. The molecule has 0 bridgehead atoms. The molecular formula is C38H71NO8. The fourth-order valence-corrected chi connectivity index (χ4v) is 5.85. The number of nitrogens with one attached hydrogen (secondary N) is 1. The molecule has 0 spiro atoms. The van der Waals surface area contributed by atoms with Gasteiger partial charge in [-0.15, -0.1) is 0 Å². The molecule has 47 heavy (non-hydrogen) atoms. The molecule has 0 aromatic heterocycles. The number of rotatable bonds is 30. The van der Waals surface area contributed by atoms with E-state index in [4.69, 9.17) is 9.47 Å². The molecule has 0 radical (unpaired) electrons. The van der Waals surface area contributed by atoms with Crippen LogP contribution in [0.2, 0.25) is 0 Å². The van der Waals surface area contributed by atoms with Crippen molar-refractivity contribution in [3.05, 3.63) is 24.3 Å². The first kappa shape index (κ1) is 43.7. The van der Waals surface area contributed by atoms with Crippen molar-refractivity contribution in [1.29, 1.82) is 0 Å². The second-order valence-corrected chi connectivity index (χ2v) is 13.4. The lowest BCUT2D eigenvalue weighted by molar-refractivity contribution is -0.302. The van der Waals surface area contributed by atoms with E-state index in [1.54, 1.807) is 6.08 Å². The third kappa shape index (κ3) is 21.4. The van der Waals surface area contributed by atoms with Crippen LogP contribution in [0.25, 0.3) is 0 Å². The maximum absolute atomic E-state index is 12.8. The fraction of sp³-hybridized carbons (Fsp3) is 0.868. The Morgan fingerprint density at radius 2 is 1.19 bits per heavy atom. The zero-order valence-electron chi connectivity index (χ0n) is 29.8. The van der Waals surface area contributed by atoms with E-state index in [2.05, 4.69) is 31.3 Å². The van der Waals surface area contributed by atoms with E-state index in [0.717, 1.165) is 57.8 Å². The van der Waals surface area contributed by atoms with Gasteiger partial charge in [-0.05, 0) is 44.9 Å². The van der Waals surface area contributed by atoms with Crippen molar-refractivity contribution in [3.8, 4) is 0 Å². The van der Waals surface area contributed by atoms with Crippen LogP contribution in [0.3, 0.4) is 0 Å². The number of carbonyl (C=O) groups is 1. The lowest BCUT2D eigenvalue weighted by Gasteiger charge is -2.40. The zero-order chi connectivity index (χ0) is 34.5. The van der Waals surface area contributed by atoms with Crippen LogP contribution in [-0.2, 0) is 14.3 Å². The highest BCUT2D eigenvalue weighted by atomic mass is 16.7. The minimum absolute atomic E-state index is 0.190. The van der Waals surface area contributed by atoms with Gasteiger partial charge in [0, 0.05) is 6.42 Å². The number of hydrogen-bond acceptors (Lipinski definition) is 8. The van der Waals surface area contributed by atoms with E-state index in [1.165, 1.54) is 77.0 Å². The number of unbranched alkanes of at least 4 members (excludes halogenated alkanes) is 18. The first-order valence-corrected chi connectivity index (χ1v) is 19.1. The Morgan fingerprint density at radius 3 is 1.74 bits per heavy atom. The molecule has 7 atom stereocenters. The lowest BCUT2D eigenvalue weighted by Crippen LogP contribution is -2.60. The van der Waals surface area contributed by atoms with Crippen LogP contribution in [0.1, 0.15) is 155 Å². The van der Waals surface area contributed by atoms with Crippen molar-refractivity contribution < 1.29 is 39.8 Å². The van der Waals surface area contributed by atoms with Gasteiger partial charge in [-0.1, -0.05) is 128 Å². The van der Waals surface area contributed by atoms with Crippen LogP contribution < -0.4 is 5.32 Å². The summed E-state index contributed by atoms with van der Waals surface area (Å²) < 4.78 is 11.1. The molecule has 1 rings (SSSR count). The molecule has 9 nitrogen and oxygen atoms in total. The summed E-state index contributed by atoms with van der Waals surface area (Å²) in [6.45, 7) is 3.70. The normalized spacial score (nSPS) is 23.1. The molecule has 2 unspecified atom stereocenters. The van der Waals surface area contributed by atoms with E-state index in [9.17, 15) is 30.3 Å². The standard InChI is InChI=1S/C38H71NO8/c1-3-5-7-9-11-13-15-16-18-20-22-24-26-28-34(42)39-31(30-46-38-37(45)36(44)35(43)33(29-40)47-38)32(41)27-25-23-21-19-17-14-12-10-8-6-4-2/h13,15,25,27,31-33,35-38,40-41,43-45H,3-12,14,16-24,26,28-30H2,1-2H3,(H,39,42)/b15-13+,27-25+/t31-,32+,33-,35-,36?,37?,38-/m0/s1. The van der Waals surface area contributed by atoms with Crippen LogP contribution in [0.4, 0.5) is 0 Å². The van der Waals surface area contributed by atoms with Gasteiger partial charge in [-0.2, -0.15) is 0 Å². The van der Waals surface area contributed by atoms with Gasteiger partial charge in [0.25, 0.3) is 0 Å². The van der Waals surface area contributed by atoms with Gasteiger partial charge in [-0.25, -0.2) is 0 Å². The molecule has 0 aromatic carbocycles. The molecule has 276 valence electrons. The van der Waals surface area contributed by atoms with Crippen LogP contribution in [-0.4, -0.2) is 87.5 Å². The highest BCUT2D eigenvalue weighted by molar-refractivity contribution is 5.76. The van der Waals surface area contributed by atoms with Gasteiger partial charge >= 0.3 is 0 Å². The summed E-state index contributed by atoms with van der Waals surface area (Å²) in [7, 11) is 0. The van der Waals surface area contributed by atoms with Crippen molar-refractivity contribution in [2.45, 2.75) is 198 Å². The highest BCUT2D eigenvalue weighted by Gasteiger charge is 2.44. The predicted molar refractivity (Wildman–Crippen MR) is 189 cm³/mol. The van der Waals surface area contributed by atoms with E-state index in [1.807, 2.05) is 6.08 Å². The molecule has 1 fully saturated rings. The van der Waals surface area contributed by atoms with E-state index in [-0.39, 0.29) is 12.5 Å². The second-order valence-electron chi connectivity index (χ2n) is 13.4. The number of hydrogen-bond donors (Lipinski definition) is 6. The average molecular weight is 670 g/mol. The average Bonchev–Trinajstić information content (AvgIpc) is 3.07. The summed E-state index contributed by atoms with van der Waals surface area (Å²) in [6.07, 6.45) is 25.0. The molecule has 0 aliphatic carbocycles. The molecule has 1 heterocycles. The molecule has 6 N–H and O–H groups in total. The Bertz CT molecular complexity index is 792. The Labute approximate surface area is 286 Å². The molecule has 1 amide bonds. The smallest absolute Gasteiger partial charge is 0.220 e. The third-order valence-corrected chi connectivity index (χ3v) is 9.02. The van der Waals surface area contributed by atoms with Gasteiger partial charge in [0.05, 0.1) is 25.4 Å². The zero-order valence-corrected chi connectivity index (χ0v) is 29.8. The largest absolute Gasteiger partial charge is 0.394 e. The lowest BCUT2D eigenvalue weighted by atomic mass is 9.99. The van der Waals surface area contributed by atoms with Crippen molar-refractivity contribution in [1.82, 2.24) is 5.32 Å². The SMILES string of the molecule is CCCCCC/C=C/CCCCCCCC(=O)N[C@@H](CO[C@H]1O[C@@H](CO)[C@H](O)C(O)C1O)[C@H](O)/C=C/CCCCCCCCCCC. The first-order chi connectivity index (χ1) is 22.8. The minimum atomic E-state index is -1.56. The van der Waals surface area contributed by atoms with Crippen molar-refractivity contribution in [2.75, 3.05) is 13.2 Å². The number of amides is 1. The van der Waals surface area contributed by atoms with Gasteiger partial charge < -0.3 is 40.3 Å². The summed E-state index contributed by atoms with van der Waals surface area (Å²) in [5.41, 5.74) is 0. The van der Waals surface area contributed by atoms with Crippen molar-refractivity contribution in [3.63, 3.8) is 0 Å². The summed E-state index contributed by atoms with van der Waals surface area (Å²) in [5, 5.41) is 53.8. The maximum atomic E-state index is 12.8. The molecule has 1 aliphatic rings. The van der Waals surface area contributed by atoms with Crippen LogP contribution >= 0.6 is 0 Å². The topological polar surface area (TPSA) is 149 Å². The third-order valence-electron chi connectivity index (χ3n) is 9.02. The van der Waals surface area contributed by atoms with E-state index < -0.39 is 49.5 Å². The van der Waals surface area contributed by atoms with Gasteiger partial charge in [0.15, 0.2) is 6.29 Å². The first-order valence-electron chi connectivity index (χ1n) is 19.1. The number of aliphatic hydroxyl groups is 5. The van der Waals surface area contributed by atoms with Crippen LogP contribution in [0.15, 0.2) is 24.3 Å². The number of allylic oxidation sites excluding steroid dienone is 3. The Balaban J connectivity index is 2.48. The Hall–Kier alpha value is -1.33. The molecule has 0 aromatic rings. The molecule has 1 saturated heterocycles. The van der Waals surface area contributed by atoms with E-state index in [0.29, 0.717) is 6.42 Å². The monoisotopic (exact) mass is 670 g/mol. The predicted octanol–water partition coefficient (Wildman–Crippen LogP) is 6.38.